The van der Waals surface area contributed by atoms with Crippen LogP contribution >= 0.6 is 23.2 Å². The van der Waals surface area contributed by atoms with Gasteiger partial charge in [0, 0.05) is 5.56 Å². The van der Waals surface area contributed by atoms with Crippen molar-refractivity contribution in [2.45, 2.75) is 37.4 Å². The van der Waals surface area contributed by atoms with Gasteiger partial charge >= 0.3 is 0 Å². The summed E-state index contributed by atoms with van der Waals surface area (Å²) < 4.78 is 24.8. The Hall–Kier alpha value is -1.60. The zero-order valence-corrected chi connectivity index (χ0v) is 16.9. The first-order valence-corrected chi connectivity index (χ1v) is 11.0. The largest absolute Gasteiger partial charge is 0.274 e. The van der Waals surface area contributed by atoms with E-state index in [1.165, 1.54) is 0 Å². The first-order chi connectivity index (χ1) is 12.9. The van der Waals surface area contributed by atoms with E-state index in [0.717, 1.165) is 24.8 Å². The number of hydrazine groups is 1. The van der Waals surface area contributed by atoms with Crippen LogP contribution < -0.4 is 10.3 Å². The molecule has 1 aliphatic carbocycles. The molecule has 27 heavy (non-hydrogen) atoms. The fourth-order valence-electron chi connectivity index (χ4n) is 3.24. The second-order valence-electron chi connectivity index (χ2n) is 6.51. The molecule has 3 rings (SSSR count). The predicted octanol–water partition coefficient (Wildman–Crippen LogP) is 4.56. The minimum Gasteiger partial charge on any atom is -0.274 e. The Morgan fingerprint density at radius 3 is 2.30 bits per heavy atom. The molecule has 0 spiro atoms. The van der Waals surface area contributed by atoms with Crippen LogP contribution in [0.5, 0.6) is 0 Å². The van der Waals surface area contributed by atoms with Crippen molar-refractivity contribution in [2.24, 2.45) is 0 Å². The molecule has 0 aromatic heterocycles. The molecule has 0 radical (unpaired) electrons. The van der Waals surface area contributed by atoms with Crippen molar-refractivity contribution < 1.29 is 13.2 Å². The van der Waals surface area contributed by atoms with Gasteiger partial charge in [0.15, 0.2) is 0 Å². The molecule has 0 unspecified atom stereocenters. The molecule has 0 atom stereocenters. The van der Waals surface area contributed by atoms with E-state index in [9.17, 15) is 13.2 Å². The molecule has 1 saturated carbocycles. The lowest BCUT2D eigenvalue weighted by Crippen LogP contribution is -2.46. The van der Waals surface area contributed by atoms with E-state index < -0.39 is 21.2 Å². The van der Waals surface area contributed by atoms with Gasteiger partial charge in [-0.1, -0.05) is 78.9 Å². The summed E-state index contributed by atoms with van der Waals surface area (Å²) in [5.41, 5.74) is 3.75. The number of nitrogens with one attached hydrogen (secondary N) is 2. The Bertz CT molecular complexity index is 927. The molecule has 1 aliphatic rings. The average Bonchev–Trinajstić information content (AvgIpc) is 2.68. The number of halogens is 2. The van der Waals surface area contributed by atoms with Gasteiger partial charge in [0.2, 0.25) is 10.0 Å². The van der Waals surface area contributed by atoms with E-state index in [-0.39, 0.29) is 15.6 Å². The number of benzene rings is 2. The molecular formula is C19H20Cl2N2O3S. The summed E-state index contributed by atoms with van der Waals surface area (Å²) in [7, 11) is -3.64. The lowest BCUT2D eigenvalue weighted by Gasteiger charge is -2.22. The van der Waals surface area contributed by atoms with Gasteiger partial charge in [0.05, 0.1) is 20.9 Å². The van der Waals surface area contributed by atoms with Gasteiger partial charge in [-0.2, -0.15) is 0 Å². The molecule has 0 bridgehead atoms. The Balaban J connectivity index is 1.80. The SMILES string of the molecule is O=C(NNS(=O)(=O)C1CCCCC1)c1c(Cl)ccc(-c2ccccc2)c1Cl. The standard InChI is InChI=1S/C19H20Cl2N2O3S/c20-16-12-11-15(13-7-3-1-4-8-13)18(21)17(16)19(24)22-23-27(25,26)14-9-5-2-6-10-14/h1,3-4,7-8,11-12,14,23H,2,5-6,9-10H2,(H,22,24). The van der Waals surface area contributed by atoms with Crippen molar-refractivity contribution in [3.05, 3.63) is 58.1 Å². The molecule has 2 aromatic carbocycles. The Morgan fingerprint density at radius 2 is 1.63 bits per heavy atom. The number of carbonyl (C=O) groups excluding carboxylic acids is 1. The number of hydrogen-bond donors (Lipinski definition) is 2. The van der Waals surface area contributed by atoms with E-state index in [1.807, 2.05) is 30.3 Å². The summed E-state index contributed by atoms with van der Waals surface area (Å²) in [5.74, 6) is -0.692. The monoisotopic (exact) mass is 426 g/mol. The zero-order valence-electron chi connectivity index (χ0n) is 14.5. The van der Waals surface area contributed by atoms with Crippen LogP contribution in [0.1, 0.15) is 42.5 Å². The van der Waals surface area contributed by atoms with Crippen molar-refractivity contribution in [3.63, 3.8) is 0 Å². The number of amides is 1. The third-order valence-electron chi connectivity index (χ3n) is 4.70. The third-order valence-corrected chi connectivity index (χ3v) is 7.14. The second-order valence-corrected chi connectivity index (χ2v) is 9.26. The summed E-state index contributed by atoms with van der Waals surface area (Å²) in [6, 6.07) is 12.6. The van der Waals surface area contributed by atoms with E-state index in [2.05, 4.69) is 10.3 Å². The molecule has 0 aliphatic heterocycles. The molecule has 1 fully saturated rings. The van der Waals surface area contributed by atoms with Crippen molar-refractivity contribution in [1.29, 1.82) is 0 Å². The number of rotatable bonds is 5. The van der Waals surface area contributed by atoms with Crippen LogP contribution in [0.2, 0.25) is 10.0 Å². The van der Waals surface area contributed by atoms with Crippen molar-refractivity contribution in [1.82, 2.24) is 10.3 Å². The first kappa shape index (κ1) is 20.1. The average molecular weight is 427 g/mol. The van der Waals surface area contributed by atoms with Gasteiger partial charge in [0.1, 0.15) is 0 Å². The summed E-state index contributed by atoms with van der Waals surface area (Å²) in [5, 5.41) is -0.176. The second kappa shape index (κ2) is 8.61. The molecule has 2 aromatic rings. The van der Waals surface area contributed by atoms with Gasteiger partial charge in [0.25, 0.3) is 5.91 Å². The fraction of sp³-hybridized carbons (Fsp3) is 0.316. The minimum atomic E-state index is -3.64. The quantitative estimate of drug-likeness (QED) is 0.688. The van der Waals surface area contributed by atoms with Crippen LogP contribution in [0.3, 0.4) is 0 Å². The molecule has 5 nitrogen and oxygen atoms in total. The molecule has 2 N–H and O–H groups in total. The smallest absolute Gasteiger partial charge is 0.269 e. The first-order valence-electron chi connectivity index (χ1n) is 8.74. The molecule has 0 saturated heterocycles. The highest BCUT2D eigenvalue weighted by molar-refractivity contribution is 7.90. The Labute approximate surface area is 169 Å². The number of sulfonamides is 1. The van der Waals surface area contributed by atoms with E-state index in [4.69, 9.17) is 23.2 Å². The zero-order chi connectivity index (χ0) is 19.4. The number of carbonyl (C=O) groups is 1. The van der Waals surface area contributed by atoms with Gasteiger partial charge in [-0.05, 0) is 24.5 Å². The van der Waals surface area contributed by atoms with Crippen molar-refractivity contribution in [3.8, 4) is 11.1 Å². The highest BCUT2D eigenvalue weighted by Gasteiger charge is 2.28. The predicted molar refractivity (Wildman–Crippen MR) is 108 cm³/mol. The van der Waals surface area contributed by atoms with Crippen LogP contribution in [0.4, 0.5) is 0 Å². The maximum Gasteiger partial charge on any atom is 0.269 e. The molecule has 8 heteroatoms. The molecule has 0 heterocycles. The summed E-state index contributed by atoms with van der Waals surface area (Å²) in [6.45, 7) is 0. The topological polar surface area (TPSA) is 75.3 Å². The fourth-order valence-corrected chi connectivity index (χ4v) is 5.25. The summed E-state index contributed by atoms with van der Waals surface area (Å²) in [4.78, 5) is 14.8. The Morgan fingerprint density at radius 1 is 0.963 bits per heavy atom. The normalized spacial score (nSPS) is 15.5. The van der Waals surface area contributed by atoms with E-state index in [1.54, 1.807) is 12.1 Å². The summed E-state index contributed by atoms with van der Waals surface area (Å²) >= 11 is 12.6. The van der Waals surface area contributed by atoms with Crippen LogP contribution in [0, 0.1) is 0 Å². The highest BCUT2D eigenvalue weighted by atomic mass is 35.5. The molecule has 1 amide bonds. The van der Waals surface area contributed by atoms with Crippen molar-refractivity contribution in [2.75, 3.05) is 0 Å². The molecule has 144 valence electrons. The van der Waals surface area contributed by atoms with Gasteiger partial charge in [-0.15, -0.1) is 4.83 Å². The van der Waals surface area contributed by atoms with Crippen LogP contribution in [-0.2, 0) is 10.0 Å². The van der Waals surface area contributed by atoms with Crippen LogP contribution in [0.25, 0.3) is 11.1 Å². The Kier molecular flexibility index (Phi) is 6.42. The number of hydrogen-bond acceptors (Lipinski definition) is 3. The van der Waals surface area contributed by atoms with Gasteiger partial charge < -0.3 is 0 Å². The lowest BCUT2D eigenvalue weighted by atomic mass is 10.0. The van der Waals surface area contributed by atoms with Gasteiger partial charge in [-0.25, -0.2) is 8.42 Å². The maximum absolute atomic E-state index is 12.6. The van der Waals surface area contributed by atoms with E-state index in [0.29, 0.717) is 18.4 Å². The molecular weight excluding hydrogens is 407 g/mol. The van der Waals surface area contributed by atoms with Crippen LogP contribution in [-0.4, -0.2) is 19.6 Å². The maximum atomic E-state index is 12.6. The van der Waals surface area contributed by atoms with Crippen molar-refractivity contribution >= 4 is 39.1 Å². The van der Waals surface area contributed by atoms with Crippen LogP contribution in [0.15, 0.2) is 42.5 Å². The lowest BCUT2D eigenvalue weighted by molar-refractivity contribution is 0.0945. The third kappa shape index (κ3) is 4.63. The highest BCUT2D eigenvalue weighted by Crippen LogP contribution is 2.34. The van der Waals surface area contributed by atoms with E-state index >= 15 is 0 Å². The summed E-state index contributed by atoms with van der Waals surface area (Å²) in [6.07, 6.45) is 3.97. The van der Waals surface area contributed by atoms with Gasteiger partial charge in [-0.3, -0.25) is 10.2 Å². The minimum absolute atomic E-state index is 0.0334.